The number of carbonyl (C=O) groups is 2. The van der Waals surface area contributed by atoms with E-state index in [4.69, 9.17) is 0 Å². The van der Waals surface area contributed by atoms with Crippen LogP contribution in [-0.4, -0.2) is 33.9 Å². The molecule has 150 valence electrons. The lowest BCUT2D eigenvalue weighted by Gasteiger charge is -2.22. The first-order valence-electron chi connectivity index (χ1n) is 9.72. The Bertz CT molecular complexity index is 923. The second-order valence-corrected chi connectivity index (χ2v) is 9.15. The van der Waals surface area contributed by atoms with Gasteiger partial charge in [-0.1, -0.05) is 42.7 Å². The number of nitrogens with zero attached hydrogens (tertiary/aromatic N) is 2. The van der Waals surface area contributed by atoms with Crippen LogP contribution in [0.2, 0.25) is 0 Å². The molecule has 1 aromatic heterocycles. The predicted molar refractivity (Wildman–Crippen MR) is 118 cm³/mol. The summed E-state index contributed by atoms with van der Waals surface area (Å²) in [5.41, 5.74) is 2.23. The summed E-state index contributed by atoms with van der Waals surface area (Å²) in [4.78, 5) is 29.4. The van der Waals surface area contributed by atoms with Crippen LogP contribution in [0, 0.1) is 6.92 Å². The van der Waals surface area contributed by atoms with E-state index in [1.807, 2.05) is 11.5 Å². The summed E-state index contributed by atoms with van der Waals surface area (Å²) in [6.45, 7) is 6.46. The fourth-order valence-electron chi connectivity index (χ4n) is 3.46. The summed E-state index contributed by atoms with van der Waals surface area (Å²) in [7, 11) is 0. The average molecular weight is 418 g/mol. The topological polar surface area (TPSA) is 63.5 Å². The number of amides is 2. The van der Waals surface area contributed by atoms with Crippen LogP contribution in [0.4, 0.5) is 0 Å². The number of nitrogens with one attached hydrogen (secondary N) is 1. The number of thiazole rings is 1. The quantitative estimate of drug-likeness (QED) is 0.697. The molecule has 0 unspecified atom stereocenters. The molecule has 7 heteroatoms. The van der Waals surface area contributed by atoms with Gasteiger partial charge in [0.25, 0.3) is 5.91 Å². The molecule has 1 aliphatic carbocycles. The first-order valence-corrected chi connectivity index (χ1v) is 11.7. The first-order chi connectivity index (χ1) is 13.6. The van der Waals surface area contributed by atoms with E-state index in [-0.39, 0.29) is 17.6 Å². The van der Waals surface area contributed by atoms with Crippen molar-refractivity contribution in [2.75, 3.05) is 11.5 Å². The van der Waals surface area contributed by atoms with Crippen LogP contribution in [0.25, 0.3) is 10.2 Å². The number of benzene rings is 1. The Labute approximate surface area is 173 Å². The van der Waals surface area contributed by atoms with Crippen molar-refractivity contribution in [3.8, 4) is 0 Å². The molecule has 0 radical (unpaired) electrons. The molecular formula is C21H27N3O2S2. The minimum absolute atomic E-state index is 0.0174. The summed E-state index contributed by atoms with van der Waals surface area (Å²) in [6.07, 6.45) is 7.59. The first kappa shape index (κ1) is 20.9. The van der Waals surface area contributed by atoms with Gasteiger partial charge in [-0.3, -0.25) is 9.59 Å². The van der Waals surface area contributed by atoms with Crippen LogP contribution < -0.4 is 10.1 Å². The van der Waals surface area contributed by atoms with Gasteiger partial charge in [-0.2, -0.15) is 4.99 Å². The lowest BCUT2D eigenvalue weighted by Crippen LogP contribution is -2.37. The zero-order valence-electron chi connectivity index (χ0n) is 16.3. The molecule has 5 nitrogen and oxygen atoms in total. The molecule has 0 bridgehead atoms. The SMILES string of the molecule is C=CCn1c(=NC(=O)CSCC(=O)NC2CCCCC2)sc2cc(C)ccc21. The third kappa shape index (κ3) is 5.58. The van der Waals surface area contributed by atoms with Crippen molar-refractivity contribution in [2.45, 2.75) is 51.6 Å². The second kappa shape index (κ2) is 10.1. The molecule has 3 rings (SSSR count). The van der Waals surface area contributed by atoms with Gasteiger partial charge < -0.3 is 9.88 Å². The summed E-state index contributed by atoms with van der Waals surface area (Å²) < 4.78 is 3.11. The lowest BCUT2D eigenvalue weighted by atomic mass is 9.95. The minimum atomic E-state index is -0.212. The third-order valence-corrected chi connectivity index (χ3v) is 6.76. The van der Waals surface area contributed by atoms with Gasteiger partial charge >= 0.3 is 0 Å². The number of hydrogen-bond donors (Lipinski definition) is 1. The molecule has 1 aromatic carbocycles. The van der Waals surface area contributed by atoms with E-state index in [0.717, 1.165) is 23.1 Å². The molecule has 0 spiro atoms. The highest BCUT2D eigenvalue weighted by Gasteiger charge is 2.16. The Morgan fingerprint density at radius 2 is 2.11 bits per heavy atom. The van der Waals surface area contributed by atoms with Crippen LogP contribution in [0.15, 0.2) is 35.8 Å². The number of aryl methyl sites for hydroxylation is 1. The van der Waals surface area contributed by atoms with Crippen LogP contribution in [0.1, 0.15) is 37.7 Å². The van der Waals surface area contributed by atoms with Crippen molar-refractivity contribution in [3.63, 3.8) is 0 Å². The van der Waals surface area contributed by atoms with Gasteiger partial charge in [0.05, 0.1) is 21.7 Å². The number of allylic oxidation sites excluding steroid dienone is 1. The average Bonchev–Trinajstić information content (AvgIpc) is 2.99. The van der Waals surface area contributed by atoms with Crippen LogP contribution in [-0.2, 0) is 16.1 Å². The minimum Gasteiger partial charge on any atom is -0.353 e. The molecule has 2 amide bonds. The Kier molecular flexibility index (Phi) is 7.50. The van der Waals surface area contributed by atoms with Crippen molar-refractivity contribution in [2.24, 2.45) is 4.99 Å². The van der Waals surface area contributed by atoms with E-state index >= 15 is 0 Å². The van der Waals surface area contributed by atoms with Crippen LogP contribution in [0.5, 0.6) is 0 Å². The highest BCUT2D eigenvalue weighted by atomic mass is 32.2. The van der Waals surface area contributed by atoms with Gasteiger partial charge in [0.1, 0.15) is 0 Å². The maximum Gasteiger partial charge on any atom is 0.258 e. The fourth-order valence-corrected chi connectivity index (χ4v) is 5.22. The molecule has 0 atom stereocenters. The molecule has 0 aliphatic heterocycles. The van der Waals surface area contributed by atoms with Gasteiger partial charge in [0.2, 0.25) is 5.91 Å². The van der Waals surface area contributed by atoms with E-state index < -0.39 is 0 Å². The maximum atomic E-state index is 12.3. The van der Waals surface area contributed by atoms with Gasteiger partial charge in [-0.05, 0) is 37.5 Å². The largest absolute Gasteiger partial charge is 0.353 e. The van der Waals surface area contributed by atoms with E-state index in [9.17, 15) is 9.59 Å². The predicted octanol–water partition coefficient (Wildman–Crippen LogP) is 3.81. The summed E-state index contributed by atoms with van der Waals surface area (Å²) >= 11 is 2.83. The second-order valence-electron chi connectivity index (χ2n) is 7.16. The van der Waals surface area contributed by atoms with Crippen LogP contribution >= 0.6 is 23.1 Å². The molecular weight excluding hydrogens is 390 g/mol. The Morgan fingerprint density at radius 1 is 1.32 bits per heavy atom. The lowest BCUT2D eigenvalue weighted by molar-refractivity contribution is -0.119. The molecule has 1 aliphatic rings. The number of carbonyl (C=O) groups excluding carboxylic acids is 2. The van der Waals surface area contributed by atoms with Crippen molar-refractivity contribution in [1.82, 2.24) is 9.88 Å². The van der Waals surface area contributed by atoms with Gasteiger partial charge in [0.15, 0.2) is 4.80 Å². The molecule has 1 saturated carbocycles. The summed E-state index contributed by atoms with van der Waals surface area (Å²) in [5, 5.41) is 3.08. The van der Waals surface area contributed by atoms with Crippen molar-refractivity contribution >= 4 is 45.1 Å². The van der Waals surface area contributed by atoms with E-state index in [1.165, 1.54) is 47.9 Å². The maximum absolute atomic E-state index is 12.3. The molecule has 0 saturated heterocycles. The highest BCUT2D eigenvalue weighted by molar-refractivity contribution is 8.00. The fraction of sp³-hybridized carbons (Fsp3) is 0.476. The van der Waals surface area contributed by atoms with Crippen molar-refractivity contribution in [3.05, 3.63) is 41.2 Å². The van der Waals surface area contributed by atoms with Crippen molar-refractivity contribution < 1.29 is 9.59 Å². The summed E-state index contributed by atoms with van der Waals surface area (Å²) in [6, 6.07) is 6.52. The van der Waals surface area contributed by atoms with Crippen LogP contribution in [0.3, 0.4) is 0 Å². The smallest absolute Gasteiger partial charge is 0.258 e. The monoisotopic (exact) mass is 417 g/mol. The zero-order chi connectivity index (χ0) is 19.9. The van der Waals surface area contributed by atoms with Crippen molar-refractivity contribution in [1.29, 1.82) is 0 Å². The Balaban J connectivity index is 1.60. The Morgan fingerprint density at radius 3 is 2.86 bits per heavy atom. The number of hydrogen-bond acceptors (Lipinski definition) is 4. The summed E-state index contributed by atoms with van der Waals surface area (Å²) in [5.74, 6) is 0.315. The third-order valence-electron chi connectivity index (χ3n) is 4.80. The van der Waals surface area contributed by atoms with E-state index in [1.54, 1.807) is 6.08 Å². The normalized spacial score (nSPS) is 15.7. The van der Waals surface area contributed by atoms with Gasteiger partial charge in [-0.15, -0.1) is 18.3 Å². The molecule has 1 N–H and O–H groups in total. The molecule has 2 aromatic rings. The number of fused-ring (bicyclic) bond motifs is 1. The van der Waals surface area contributed by atoms with E-state index in [2.05, 4.69) is 35.1 Å². The number of rotatable bonds is 7. The van der Waals surface area contributed by atoms with E-state index in [0.29, 0.717) is 23.1 Å². The zero-order valence-corrected chi connectivity index (χ0v) is 17.9. The number of thioether (sulfide) groups is 1. The van der Waals surface area contributed by atoms with Gasteiger partial charge in [0, 0.05) is 12.6 Å². The molecule has 1 heterocycles. The number of aromatic nitrogens is 1. The molecule has 1 fully saturated rings. The standard InChI is InChI=1S/C21H27N3O2S2/c1-3-11-24-17-10-9-15(2)12-18(17)28-21(24)23-20(26)14-27-13-19(25)22-16-7-5-4-6-8-16/h3,9-10,12,16H,1,4-8,11,13-14H2,2H3,(H,22,25). The molecule has 28 heavy (non-hydrogen) atoms. The Hall–Kier alpha value is -1.86. The van der Waals surface area contributed by atoms with Gasteiger partial charge in [-0.25, -0.2) is 0 Å². The highest BCUT2D eigenvalue weighted by Crippen LogP contribution is 2.19.